The number of likely N-dealkylation sites (tertiary alicyclic amines) is 2. The fourth-order valence-electron chi connectivity index (χ4n) is 4.64. The van der Waals surface area contributed by atoms with Crippen molar-refractivity contribution in [3.05, 3.63) is 11.6 Å². The van der Waals surface area contributed by atoms with Crippen LogP contribution in [0.3, 0.4) is 0 Å². The van der Waals surface area contributed by atoms with E-state index >= 15 is 0 Å². The van der Waals surface area contributed by atoms with Crippen LogP contribution >= 0.6 is 0 Å². The Hall–Kier alpha value is -1.63. The molecule has 0 aliphatic carbocycles. The van der Waals surface area contributed by atoms with Gasteiger partial charge in [0, 0.05) is 32.7 Å². The highest BCUT2D eigenvalue weighted by Crippen LogP contribution is 2.23. The van der Waals surface area contributed by atoms with Gasteiger partial charge in [-0.3, -0.25) is 4.90 Å². The molecule has 0 amide bonds. The number of hydrogen-bond donors (Lipinski definition) is 1. The van der Waals surface area contributed by atoms with Gasteiger partial charge in [0.2, 0.25) is 0 Å². The van der Waals surface area contributed by atoms with E-state index in [1.54, 1.807) is 0 Å². The van der Waals surface area contributed by atoms with Crippen LogP contribution in [0.2, 0.25) is 0 Å². The molecule has 7 nitrogen and oxygen atoms in total. The lowest BCUT2D eigenvalue weighted by Crippen LogP contribution is -2.46. The van der Waals surface area contributed by atoms with Crippen molar-refractivity contribution in [2.24, 2.45) is 23.9 Å². The number of guanidine groups is 1. The summed E-state index contributed by atoms with van der Waals surface area (Å²) in [6.45, 7) is 15.0. The third kappa shape index (κ3) is 5.25. The fraction of sp³-hybridized carbons (Fsp3) is 0.857. The maximum Gasteiger partial charge on any atom is 0.194 e. The maximum atomic E-state index is 4.97. The molecule has 7 heteroatoms. The van der Waals surface area contributed by atoms with Crippen molar-refractivity contribution in [3.8, 4) is 0 Å². The van der Waals surface area contributed by atoms with Crippen molar-refractivity contribution in [1.82, 2.24) is 29.9 Å². The Kier molecular flexibility index (Phi) is 7.32. The molecular formula is C21H39N7. The normalized spacial score (nSPS) is 23.9. The van der Waals surface area contributed by atoms with Crippen molar-refractivity contribution in [2.75, 3.05) is 32.7 Å². The average Bonchev–Trinajstić information content (AvgIpc) is 3.38. The van der Waals surface area contributed by atoms with E-state index in [0.29, 0.717) is 12.6 Å². The lowest BCUT2D eigenvalue weighted by molar-refractivity contribution is 0.265. The van der Waals surface area contributed by atoms with Gasteiger partial charge < -0.3 is 14.8 Å². The van der Waals surface area contributed by atoms with Gasteiger partial charge in [-0.2, -0.15) is 0 Å². The summed E-state index contributed by atoms with van der Waals surface area (Å²) in [5.74, 6) is 4.45. The monoisotopic (exact) mass is 389 g/mol. The van der Waals surface area contributed by atoms with Gasteiger partial charge in [-0.25, -0.2) is 4.99 Å². The number of nitrogens with one attached hydrogen (secondary N) is 1. The lowest BCUT2D eigenvalue weighted by atomic mass is 9.97. The minimum atomic E-state index is 0.577. The Labute approximate surface area is 170 Å². The standard InChI is InChI=1S/C21H39N7/c1-6-27-10-7-8-19(27)13-22-21(23-14-20-25-24-17(4)26(20)5)28-11-9-18(15-28)12-16(2)3/h16,18-19H,6-15H2,1-5H3,(H,22,23). The summed E-state index contributed by atoms with van der Waals surface area (Å²) in [5.41, 5.74) is 0. The van der Waals surface area contributed by atoms with Crippen LogP contribution in [0.25, 0.3) is 0 Å². The first-order valence-electron chi connectivity index (χ1n) is 11.1. The predicted octanol–water partition coefficient (Wildman–Crippen LogP) is 2.42. The Morgan fingerprint density at radius 1 is 1.25 bits per heavy atom. The van der Waals surface area contributed by atoms with Crippen molar-refractivity contribution < 1.29 is 0 Å². The highest BCUT2D eigenvalue weighted by Gasteiger charge is 2.27. The quantitative estimate of drug-likeness (QED) is 0.573. The number of hydrogen-bond acceptors (Lipinski definition) is 4. The van der Waals surface area contributed by atoms with Crippen LogP contribution in [0.1, 0.15) is 58.1 Å². The number of nitrogens with zero attached hydrogens (tertiary/aromatic N) is 6. The van der Waals surface area contributed by atoms with Gasteiger partial charge in [0.15, 0.2) is 11.8 Å². The lowest BCUT2D eigenvalue weighted by Gasteiger charge is -2.27. The number of rotatable bonds is 7. The highest BCUT2D eigenvalue weighted by atomic mass is 15.3. The molecule has 0 spiro atoms. The summed E-state index contributed by atoms with van der Waals surface area (Å²) in [6, 6.07) is 0.626. The average molecular weight is 390 g/mol. The highest BCUT2D eigenvalue weighted by molar-refractivity contribution is 5.80. The van der Waals surface area contributed by atoms with Gasteiger partial charge in [0.1, 0.15) is 12.4 Å². The molecule has 1 aromatic rings. The van der Waals surface area contributed by atoms with Gasteiger partial charge in [-0.1, -0.05) is 20.8 Å². The second-order valence-corrected chi connectivity index (χ2v) is 8.90. The second kappa shape index (κ2) is 9.72. The zero-order valence-corrected chi connectivity index (χ0v) is 18.5. The smallest absolute Gasteiger partial charge is 0.194 e. The zero-order valence-electron chi connectivity index (χ0n) is 18.5. The van der Waals surface area contributed by atoms with Crippen LogP contribution in [0.4, 0.5) is 0 Å². The van der Waals surface area contributed by atoms with E-state index < -0.39 is 0 Å². The third-order valence-electron chi connectivity index (χ3n) is 6.34. The van der Waals surface area contributed by atoms with Gasteiger partial charge >= 0.3 is 0 Å². The topological polar surface area (TPSA) is 61.6 Å². The zero-order chi connectivity index (χ0) is 20.1. The molecule has 3 rings (SSSR count). The maximum absolute atomic E-state index is 4.97. The second-order valence-electron chi connectivity index (χ2n) is 8.90. The molecule has 0 saturated carbocycles. The van der Waals surface area contributed by atoms with Gasteiger partial charge in [-0.15, -0.1) is 10.2 Å². The Morgan fingerprint density at radius 3 is 2.75 bits per heavy atom. The molecule has 2 unspecified atom stereocenters. The molecule has 28 heavy (non-hydrogen) atoms. The number of aryl methyl sites for hydroxylation is 1. The molecule has 3 heterocycles. The number of aromatic nitrogens is 3. The van der Waals surface area contributed by atoms with Crippen LogP contribution in [-0.2, 0) is 13.6 Å². The van der Waals surface area contributed by atoms with E-state index in [1.165, 1.54) is 32.2 Å². The van der Waals surface area contributed by atoms with Gasteiger partial charge in [-0.05, 0) is 57.5 Å². The molecule has 0 bridgehead atoms. The van der Waals surface area contributed by atoms with E-state index in [4.69, 9.17) is 4.99 Å². The van der Waals surface area contributed by atoms with Crippen LogP contribution in [-0.4, -0.2) is 69.3 Å². The summed E-state index contributed by atoms with van der Waals surface area (Å²) in [5, 5.41) is 12.2. The molecule has 2 aliphatic heterocycles. The SMILES string of the molecule is CCN1CCCC1CNC(=NCc1nnc(C)n1C)N1CCC(CC(C)C)C1. The van der Waals surface area contributed by atoms with E-state index in [0.717, 1.165) is 55.6 Å². The molecule has 2 atom stereocenters. The van der Waals surface area contributed by atoms with Crippen LogP contribution in [0.5, 0.6) is 0 Å². The predicted molar refractivity (Wildman–Crippen MR) is 114 cm³/mol. The first-order chi connectivity index (χ1) is 13.5. The van der Waals surface area contributed by atoms with Crippen molar-refractivity contribution in [3.63, 3.8) is 0 Å². The van der Waals surface area contributed by atoms with E-state index in [-0.39, 0.29) is 0 Å². The molecule has 0 aromatic carbocycles. The largest absolute Gasteiger partial charge is 0.355 e. The molecule has 2 saturated heterocycles. The number of aliphatic imine (C=N–C) groups is 1. The Balaban J connectivity index is 1.66. The van der Waals surface area contributed by atoms with Crippen molar-refractivity contribution >= 4 is 5.96 Å². The summed E-state index contributed by atoms with van der Waals surface area (Å²) >= 11 is 0. The minimum Gasteiger partial charge on any atom is -0.355 e. The molecule has 2 fully saturated rings. The first kappa shape index (κ1) is 21.1. The summed E-state index contributed by atoms with van der Waals surface area (Å²) in [7, 11) is 2.01. The van der Waals surface area contributed by atoms with E-state index in [2.05, 4.69) is 46.1 Å². The van der Waals surface area contributed by atoms with Gasteiger partial charge in [0.25, 0.3) is 0 Å². The first-order valence-corrected chi connectivity index (χ1v) is 11.1. The summed E-state index contributed by atoms with van der Waals surface area (Å²) in [4.78, 5) is 10.0. The molecule has 1 N–H and O–H groups in total. The molecule has 2 aliphatic rings. The van der Waals surface area contributed by atoms with Crippen LogP contribution in [0.15, 0.2) is 4.99 Å². The Bertz CT molecular complexity index is 651. The fourth-order valence-corrected chi connectivity index (χ4v) is 4.64. The van der Waals surface area contributed by atoms with Crippen molar-refractivity contribution in [2.45, 2.75) is 66.0 Å². The number of likely N-dealkylation sites (N-methyl/N-ethyl adjacent to an activating group) is 1. The van der Waals surface area contributed by atoms with E-state index in [9.17, 15) is 0 Å². The summed E-state index contributed by atoms with van der Waals surface area (Å²) in [6.07, 6.45) is 5.17. The third-order valence-corrected chi connectivity index (χ3v) is 6.34. The minimum absolute atomic E-state index is 0.577. The van der Waals surface area contributed by atoms with E-state index in [1.807, 2.05) is 18.5 Å². The van der Waals surface area contributed by atoms with Gasteiger partial charge in [0.05, 0.1) is 0 Å². The Morgan fingerprint density at radius 2 is 2.07 bits per heavy atom. The molecule has 158 valence electrons. The van der Waals surface area contributed by atoms with Crippen LogP contribution in [0, 0.1) is 18.8 Å². The van der Waals surface area contributed by atoms with Crippen molar-refractivity contribution in [1.29, 1.82) is 0 Å². The molecule has 1 aromatic heterocycles. The summed E-state index contributed by atoms with van der Waals surface area (Å²) < 4.78 is 2.03. The van der Waals surface area contributed by atoms with Crippen LogP contribution < -0.4 is 5.32 Å². The molecule has 0 radical (unpaired) electrons. The molecular weight excluding hydrogens is 350 g/mol.